The van der Waals surface area contributed by atoms with Crippen LogP contribution in [0.3, 0.4) is 0 Å². The highest BCUT2D eigenvalue weighted by Gasteiger charge is 2.13. The van der Waals surface area contributed by atoms with Crippen molar-refractivity contribution in [2.45, 2.75) is 32.7 Å². The van der Waals surface area contributed by atoms with Crippen molar-refractivity contribution in [1.82, 2.24) is 0 Å². The van der Waals surface area contributed by atoms with Crippen LogP contribution in [0.15, 0.2) is 18.2 Å². The van der Waals surface area contributed by atoms with Gasteiger partial charge >= 0.3 is 0 Å². The Morgan fingerprint density at radius 2 is 2.05 bits per heavy atom. The van der Waals surface area contributed by atoms with Gasteiger partial charge < -0.3 is 10.5 Å². The summed E-state index contributed by atoms with van der Waals surface area (Å²) in [5.74, 6) is 0.657. The van der Waals surface area contributed by atoms with Gasteiger partial charge in [-0.2, -0.15) is 0 Å². The Bertz CT molecular complexity index is 531. The van der Waals surface area contributed by atoms with Crippen LogP contribution in [0, 0.1) is 0 Å². The highest BCUT2D eigenvalue weighted by Crippen LogP contribution is 2.29. The number of halogens is 1. The molecule has 4 nitrogen and oxygen atoms in total. The topological polar surface area (TPSA) is 69.4 Å². The van der Waals surface area contributed by atoms with Gasteiger partial charge in [0.15, 0.2) is 9.84 Å². The maximum absolute atomic E-state index is 11.5. The summed E-state index contributed by atoms with van der Waals surface area (Å²) in [5.41, 5.74) is 6.87. The van der Waals surface area contributed by atoms with Crippen molar-refractivity contribution in [3.63, 3.8) is 0 Å². The minimum absolute atomic E-state index is 0.00596. The molecule has 0 spiro atoms. The molecule has 20 heavy (non-hydrogen) atoms. The quantitative estimate of drug-likeness (QED) is 0.799. The minimum atomic E-state index is -3.04. The summed E-state index contributed by atoms with van der Waals surface area (Å²) in [4.78, 5) is 0. The molecule has 0 heterocycles. The van der Waals surface area contributed by atoms with Crippen molar-refractivity contribution in [2.75, 3.05) is 18.1 Å². The van der Waals surface area contributed by atoms with Gasteiger partial charge in [0.25, 0.3) is 0 Å². The van der Waals surface area contributed by atoms with Crippen LogP contribution in [0.25, 0.3) is 0 Å². The van der Waals surface area contributed by atoms with Crippen molar-refractivity contribution >= 4 is 21.4 Å². The summed E-state index contributed by atoms with van der Waals surface area (Å²) in [6.07, 6.45) is 1.52. The Balaban J connectivity index is 2.78. The first-order chi connectivity index (χ1) is 9.39. The van der Waals surface area contributed by atoms with Gasteiger partial charge in [0.05, 0.1) is 10.8 Å². The predicted octanol–water partition coefficient (Wildman–Crippen LogP) is 2.43. The van der Waals surface area contributed by atoms with Crippen molar-refractivity contribution in [3.05, 3.63) is 28.8 Å². The van der Waals surface area contributed by atoms with Crippen LogP contribution in [-0.2, 0) is 16.3 Å². The fourth-order valence-corrected chi connectivity index (χ4v) is 2.59. The Morgan fingerprint density at radius 3 is 2.65 bits per heavy atom. The van der Waals surface area contributed by atoms with E-state index < -0.39 is 9.84 Å². The average Bonchev–Trinajstić information content (AvgIpc) is 2.41. The number of hydrogen-bond donors (Lipinski definition) is 1. The largest absolute Gasteiger partial charge is 0.491 e. The van der Waals surface area contributed by atoms with Gasteiger partial charge in [-0.05, 0) is 24.5 Å². The van der Waals surface area contributed by atoms with Gasteiger partial charge in [-0.15, -0.1) is 0 Å². The molecule has 1 atom stereocenters. The lowest BCUT2D eigenvalue weighted by Gasteiger charge is -2.15. The lowest BCUT2D eigenvalue weighted by atomic mass is 10.0. The molecular weight excluding hydrogens is 298 g/mol. The van der Waals surface area contributed by atoms with Gasteiger partial charge in [0.1, 0.15) is 12.4 Å². The number of benzene rings is 1. The Morgan fingerprint density at radius 1 is 1.35 bits per heavy atom. The van der Waals surface area contributed by atoms with Gasteiger partial charge in [0.2, 0.25) is 0 Å². The van der Waals surface area contributed by atoms with Crippen molar-refractivity contribution < 1.29 is 13.2 Å². The van der Waals surface area contributed by atoms with E-state index in [2.05, 4.69) is 0 Å². The van der Waals surface area contributed by atoms with Crippen molar-refractivity contribution in [2.24, 2.45) is 5.73 Å². The Hall–Kier alpha value is -0.780. The zero-order chi connectivity index (χ0) is 15.2. The van der Waals surface area contributed by atoms with E-state index in [0.717, 1.165) is 12.0 Å². The minimum Gasteiger partial charge on any atom is -0.491 e. The first kappa shape index (κ1) is 17.3. The van der Waals surface area contributed by atoms with E-state index in [1.54, 1.807) is 13.0 Å². The fourth-order valence-electron chi connectivity index (χ4n) is 1.72. The molecule has 0 bridgehead atoms. The average molecular weight is 320 g/mol. The molecule has 1 rings (SSSR count). The van der Waals surface area contributed by atoms with E-state index in [1.165, 1.54) is 0 Å². The van der Waals surface area contributed by atoms with Gasteiger partial charge in [-0.3, -0.25) is 0 Å². The second-order valence-corrected chi connectivity index (χ2v) is 7.57. The van der Waals surface area contributed by atoms with E-state index in [4.69, 9.17) is 22.1 Å². The van der Waals surface area contributed by atoms with E-state index in [9.17, 15) is 8.42 Å². The number of ether oxygens (including phenoxy) is 1. The lowest BCUT2D eigenvalue weighted by Crippen LogP contribution is -2.22. The first-order valence-electron chi connectivity index (χ1n) is 6.75. The van der Waals surface area contributed by atoms with Crippen molar-refractivity contribution in [3.8, 4) is 5.75 Å². The number of sulfone groups is 1. The predicted molar refractivity (Wildman–Crippen MR) is 83.2 cm³/mol. The summed E-state index contributed by atoms with van der Waals surface area (Å²) in [7, 11) is -3.04. The molecule has 114 valence electrons. The lowest BCUT2D eigenvalue weighted by molar-refractivity contribution is 0.336. The third-order valence-corrected chi connectivity index (χ3v) is 5.10. The molecule has 0 aliphatic rings. The maximum atomic E-state index is 11.5. The summed E-state index contributed by atoms with van der Waals surface area (Å²) < 4.78 is 28.5. The number of nitrogens with two attached hydrogens (primary N) is 1. The third kappa shape index (κ3) is 5.31. The highest BCUT2D eigenvalue weighted by molar-refractivity contribution is 7.91. The molecule has 0 aliphatic heterocycles. The van der Waals surface area contributed by atoms with Gasteiger partial charge in [0, 0.05) is 11.8 Å². The summed E-state index contributed by atoms with van der Waals surface area (Å²) in [5, 5.41) is 0.486. The highest BCUT2D eigenvalue weighted by atomic mass is 35.5. The molecule has 0 amide bonds. The molecule has 0 fully saturated rings. The van der Waals surface area contributed by atoms with Crippen LogP contribution in [0.4, 0.5) is 0 Å². The Kier molecular flexibility index (Phi) is 6.79. The van der Waals surface area contributed by atoms with Crippen LogP contribution in [0.1, 0.15) is 25.8 Å². The monoisotopic (exact) mass is 319 g/mol. The summed E-state index contributed by atoms with van der Waals surface area (Å²) >= 11 is 6.12. The fraction of sp³-hybridized carbons (Fsp3) is 0.571. The van der Waals surface area contributed by atoms with Crippen LogP contribution < -0.4 is 10.5 Å². The first-order valence-corrected chi connectivity index (χ1v) is 8.95. The standard InChI is InChI=1S/C14H22ClNO3S/c1-3-12(16)10-11-6-5-7-13(15)14(11)19-8-9-20(17,18)4-2/h5-7,12H,3-4,8-10,16H2,1-2H3. The second kappa shape index (κ2) is 7.86. The van der Waals surface area contributed by atoms with E-state index in [0.29, 0.717) is 17.2 Å². The van der Waals surface area contributed by atoms with Gasteiger partial charge in [-0.1, -0.05) is 37.6 Å². The molecule has 0 radical (unpaired) electrons. The molecule has 6 heteroatoms. The number of rotatable bonds is 8. The second-order valence-electron chi connectivity index (χ2n) is 4.69. The van der Waals surface area contributed by atoms with Crippen LogP contribution in [0.5, 0.6) is 5.75 Å². The molecule has 2 N–H and O–H groups in total. The number of para-hydroxylation sites is 1. The molecular formula is C14H22ClNO3S. The van der Waals surface area contributed by atoms with Gasteiger partial charge in [-0.25, -0.2) is 8.42 Å². The zero-order valence-electron chi connectivity index (χ0n) is 11.9. The molecule has 0 saturated carbocycles. The smallest absolute Gasteiger partial charge is 0.153 e. The molecule has 1 aromatic carbocycles. The molecule has 1 aromatic rings. The van der Waals surface area contributed by atoms with Crippen LogP contribution in [0.2, 0.25) is 5.02 Å². The number of hydrogen-bond acceptors (Lipinski definition) is 4. The van der Waals surface area contributed by atoms with E-state index in [-0.39, 0.29) is 24.2 Å². The normalized spacial score (nSPS) is 13.2. The molecule has 1 unspecified atom stereocenters. The summed E-state index contributed by atoms with van der Waals surface area (Å²) in [6.45, 7) is 3.74. The van der Waals surface area contributed by atoms with Crippen LogP contribution in [-0.4, -0.2) is 32.6 Å². The zero-order valence-corrected chi connectivity index (χ0v) is 13.5. The van der Waals surface area contributed by atoms with E-state index in [1.807, 2.05) is 19.1 Å². The van der Waals surface area contributed by atoms with E-state index >= 15 is 0 Å². The molecule has 0 saturated heterocycles. The maximum Gasteiger partial charge on any atom is 0.153 e. The van der Waals surface area contributed by atoms with Crippen LogP contribution >= 0.6 is 11.6 Å². The molecule has 0 aliphatic carbocycles. The Labute approximate surface area is 126 Å². The van der Waals surface area contributed by atoms with Crippen molar-refractivity contribution in [1.29, 1.82) is 0 Å². The SMILES string of the molecule is CCC(N)Cc1cccc(Cl)c1OCCS(=O)(=O)CC. The third-order valence-electron chi connectivity index (χ3n) is 3.14. The molecule has 0 aromatic heterocycles. The summed E-state index contributed by atoms with van der Waals surface area (Å²) in [6, 6.07) is 5.52.